The summed E-state index contributed by atoms with van der Waals surface area (Å²) in [5, 5.41) is 3.11. The summed E-state index contributed by atoms with van der Waals surface area (Å²) >= 11 is 0. The van der Waals surface area contributed by atoms with Crippen molar-refractivity contribution < 1.29 is 4.42 Å². The molecule has 2 rings (SSSR count). The second kappa shape index (κ2) is 5.48. The Morgan fingerprint density at radius 1 is 1.38 bits per heavy atom. The van der Waals surface area contributed by atoms with Crippen molar-refractivity contribution in [2.75, 3.05) is 13.6 Å². The van der Waals surface area contributed by atoms with E-state index in [1.807, 2.05) is 13.2 Å². The molecule has 90 valence electrons. The largest absolute Gasteiger partial charge is 0.445 e. The fourth-order valence-corrected chi connectivity index (χ4v) is 2.41. The first kappa shape index (κ1) is 11.6. The van der Waals surface area contributed by atoms with Crippen molar-refractivity contribution in [2.24, 2.45) is 5.92 Å². The Kier molecular flexibility index (Phi) is 3.99. The fraction of sp³-hybridized carbons (Fsp3) is 0.769. The molecule has 0 aromatic carbocycles. The van der Waals surface area contributed by atoms with Gasteiger partial charge in [0.1, 0.15) is 5.76 Å². The molecule has 1 aromatic heterocycles. The molecule has 0 saturated heterocycles. The minimum absolute atomic E-state index is 0.618. The van der Waals surface area contributed by atoms with Crippen LogP contribution in [0.1, 0.15) is 50.2 Å². The third-order valence-electron chi connectivity index (χ3n) is 3.58. The van der Waals surface area contributed by atoms with Gasteiger partial charge >= 0.3 is 0 Å². The molecule has 1 heterocycles. The summed E-state index contributed by atoms with van der Waals surface area (Å²) in [4.78, 5) is 4.34. The first-order chi connectivity index (χ1) is 7.79. The lowest BCUT2D eigenvalue weighted by Crippen LogP contribution is -2.11. The molecule has 0 atom stereocenters. The first-order valence-electron chi connectivity index (χ1n) is 6.38. The second-order valence-corrected chi connectivity index (χ2v) is 4.97. The quantitative estimate of drug-likeness (QED) is 0.851. The van der Waals surface area contributed by atoms with Crippen LogP contribution in [0.2, 0.25) is 0 Å². The molecule has 0 amide bonds. The van der Waals surface area contributed by atoms with Crippen molar-refractivity contribution in [1.82, 2.24) is 10.3 Å². The van der Waals surface area contributed by atoms with Gasteiger partial charge in [0.25, 0.3) is 0 Å². The molecule has 3 nitrogen and oxygen atoms in total. The Hall–Kier alpha value is -0.830. The van der Waals surface area contributed by atoms with E-state index in [-0.39, 0.29) is 0 Å². The van der Waals surface area contributed by atoms with E-state index in [0.717, 1.165) is 30.5 Å². The smallest absolute Gasteiger partial charge is 0.195 e. The highest BCUT2D eigenvalue weighted by atomic mass is 16.4. The van der Waals surface area contributed by atoms with E-state index >= 15 is 0 Å². The van der Waals surface area contributed by atoms with Crippen molar-refractivity contribution >= 4 is 0 Å². The van der Waals surface area contributed by atoms with Gasteiger partial charge in [0.05, 0.1) is 6.20 Å². The minimum Gasteiger partial charge on any atom is -0.445 e. The van der Waals surface area contributed by atoms with Crippen LogP contribution in [0.25, 0.3) is 0 Å². The molecule has 1 N–H and O–H groups in total. The Labute approximate surface area is 97.6 Å². The van der Waals surface area contributed by atoms with Crippen molar-refractivity contribution in [3.8, 4) is 0 Å². The maximum absolute atomic E-state index is 5.81. The third-order valence-corrected chi connectivity index (χ3v) is 3.58. The lowest BCUT2D eigenvalue weighted by Gasteiger charge is -2.24. The zero-order valence-electron chi connectivity index (χ0n) is 10.3. The number of nitrogens with zero attached hydrogens (tertiary/aromatic N) is 1. The molecule has 0 unspecified atom stereocenters. The van der Waals surface area contributed by atoms with Gasteiger partial charge in [-0.05, 0) is 25.8 Å². The highest BCUT2D eigenvalue weighted by Crippen LogP contribution is 2.35. The predicted molar refractivity (Wildman–Crippen MR) is 64.5 cm³/mol. The molecule has 3 heteroatoms. The number of hydrogen-bond acceptors (Lipinski definition) is 3. The zero-order valence-corrected chi connectivity index (χ0v) is 10.3. The second-order valence-electron chi connectivity index (χ2n) is 4.97. The molecule has 0 bridgehead atoms. The normalized spacial score (nSPS) is 25.9. The van der Waals surface area contributed by atoms with E-state index < -0.39 is 0 Å². The average molecular weight is 222 g/mol. The van der Waals surface area contributed by atoms with Crippen LogP contribution in [0.3, 0.4) is 0 Å². The van der Waals surface area contributed by atoms with Crippen LogP contribution in [0.5, 0.6) is 0 Å². The zero-order chi connectivity index (χ0) is 11.4. The van der Waals surface area contributed by atoms with E-state index in [1.165, 1.54) is 25.7 Å². The van der Waals surface area contributed by atoms with Gasteiger partial charge in [-0.15, -0.1) is 0 Å². The van der Waals surface area contributed by atoms with Gasteiger partial charge in [-0.25, -0.2) is 4.98 Å². The molecule has 1 saturated carbocycles. The molecule has 1 aliphatic carbocycles. The van der Waals surface area contributed by atoms with E-state index in [0.29, 0.717) is 5.92 Å². The highest BCUT2D eigenvalue weighted by molar-refractivity contribution is 5.03. The summed E-state index contributed by atoms with van der Waals surface area (Å²) in [5.74, 6) is 3.50. The fourth-order valence-electron chi connectivity index (χ4n) is 2.41. The molecular weight excluding hydrogens is 200 g/mol. The van der Waals surface area contributed by atoms with Gasteiger partial charge in [-0.2, -0.15) is 0 Å². The standard InChI is InChI=1S/C13H22N2O/c1-10-3-5-11(6-4-10)12-9-15-13(16-12)7-8-14-2/h9-11,14H,3-8H2,1-2H3. The number of aromatic nitrogens is 1. The molecule has 16 heavy (non-hydrogen) atoms. The number of nitrogens with one attached hydrogen (secondary N) is 1. The van der Waals surface area contributed by atoms with E-state index in [9.17, 15) is 0 Å². The molecule has 1 fully saturated rings. The number of likely N-dealkylation sites (N-methyl/N-ethyl adjacent to an activating group) is 1. The maximum atomic E-state index is 5.81. The van der Waals surface area contributed by atoms with Gasteiger partial charge in [0.15, 0.2) is 5.89 Å². The Morgan fingerprint density at radius 2 is 2.12 bits per heavy atom. The average Bonchev–Trinajstić information content (AvgIpc) is 2.76. The van der Waals surface area contributed by atoms with Crippen molar-refractivity contribution in [3.63, 3.8) is 0 Å². The van der Waals surface area contributed by atoms with E-state index in [2.05, 4.69) is 17.2 Å². The van der Waals surface area contributed by atoms with Gasteiger partial charge in [0.2, 0.25) is 0 Å². The van der Waals surface area contributed by atoms with Crippen LogP contribution in [-0.2, 0) is 6.42 Å². The molecule has 0 spiro atoms. The Morgan fingerprint density at radius 3 is 2.81 bits per heavy atom. The Bertz CT molecular complexity index is 313. The summed E-state index contributed by atoms with van der Waals surface area (Å²) in [5.41, 5.74) is 0. The molecule has 1 aliphatic rings. The monoisotopic (exact) mass is 222 g/mol. The van der Waals surface area contributed by atoms with Crippen LogP contribution in [-0.4, -0.2) is 18.6 Å². The van der Waals surface area contributed by atoms with Gasteiger partial charge in [0, 0.05) is 18.9 Å². The van der Waals surface area contributed by atoms with Gasteiger partial charge in [-0.1, -0.05) is 19.8 Å². The number of rotatable bonds is 4. The van der Waals surface area contributed by atoms with Crippen LogP contribution in [0.15, 0.2) is 10.6 Å². The third kappa shape index (κ3) is 2.85. The van der Waals surface area contributed by atoms with Crippen LogP contribution in [0.4, 0.5) is 0 Å². The van der Waals surface area contributed by atoms with Crippen LogP contribution >= 0.6 is 0 Å². The van der Waals surface area contributed by atoms with E-state index in [4.69, 9.17) is 4.42 Å². The van der Waals surface area contributed by atoms with Crippen LogP contribution in [0, 0.1) is 5.92 Å². The predicted octanol–water partition coefficient (Wildman–Crippen LogP) is 2.73. The summed E-state index contributed by atoms with van der Waals surface area (Å²) in [6.45, 7) is 3.27. The van der Waals surface area contributed by atoms with Crippen molar-refractivity contribution in [2.45, 2.75) is 44.9 Å². The SMILES string of the molecule is CNCCc1ncc(C2CCC(C)CC2)o1. The van der Waals surface area contributed by atoms with Crippen LogP contribution < -0.4 is 5.32 Å². The van der Waals surface area contributed by atoms with Crippen molar-refractivity contribution in [1.29, 1.82) is 0 Å². The highest BCUT2D eigenvalue weighted by Gasteiger charge is 2.22. The van der Waals surface area contributed by atoms with Gasteiger partial charge < -0.3 is 9.73 Å². The Balaban J connectivity index is 1.91. The number of hydrogen-bond donors (Lipinski definition) is 1. The van der Waals surface area contributed by atoms with E-state index in [1.54, 1.807) is 0 Å². The summed E-state index contributed by atoms with van der Waals surface area (Å²) in [6, 6.07) is 0. The molecule has 0 aliphatic heterocycles. The summed E-state index contributed by atoms with van der Waals surface area (Å²) in [7, 11) is 1.95. The molecular formula is C13H22N2O. The lowest BCUT2D eigenvalue weighted by molar-refractivity contribution is 0.308. The minimum atomic E-state index is 0.618. The summed E-state index contributed by atoms with van der Waals surface area (Å²) in [6.07, 6.45) is 8.02. The summed E-state index contributed by atoms with van der Waals surface area (Å²) < 4.78 is 5.81. The maximum Gasteiger partial charge on any atom is 0.195 e. The number of oxazole rings is 1. The first-order valence-corrected chi connectivity index (χ1v) is 6.38. The van der Waals surface area contributed by atoms with Gasteiger partial charge in [-0.3, -0.25) is 0 Å². The molecule has 1 aromatic rings. The lowest BCUT2D eigenvalue weighted by atomic mass is 9.82. The van der Waals surface area contributed by atoms with Crippen molar-refractivity contribution in [3.05, 3.63) is 17.8 Å². The molecule has 0 radical (unpaired) electrons. The topological polar surface area (TPSA) is 38.1 Å².